The van der Waals surface area contributed by atoms with Crippen LogP contribution < -0.4 is 10.5 Å². The van der Waals surface area contributed by atoms with Crippen LogP contribution in [0.3, 0.4) is 0 Å². The van der Waals surface area contributed by atoms with E-state index in [1.54, 1.807) is 0 Å². The molecule has 9 heteroatoms. The Bertz CT molecular complexity index is 811. The Labute approximate surface area is 134 Å². The van der Waals surface area contributed by atoms with E-state index >= 15 is 0 Å². The van der Waals surface area contributed by atoms with Crippen LogP contribution in [0.5, 0.6) is 0 Å². The minimum absolute atomic E-state index is 0.0664. The molecule has 110 valence electrons. The van der Waals surface area contributed by atoms with Gasteiger partial charge in [-0.05, 0) is 40.2 Å². The van der Waals surface area contributed by atoms with Crippen molar-refractivity contribution in [3.63, 3.8) is 0 Å². The van der Waals surface area contributed by atoms with Crippen LogP contribution in [-0.4, -0.2) is 19.3 Å². The fraction of sp³-hybridized carbons (Fsp3) is 0. The molecule has 3 N–H and O–H groups in total. The Morgan fingerprint density at radius 1 is 1.33 bits per heavy atom. The van der Waals surface area contributed by atoms with Crippen molar-refractivity contribution in [1.82, 2.24) is 4.98 Å². The number of nitrogens with one attached hydrogen (secondary N) is 1. The second kappa shape index (κ2) is 6.00. The van der Waals surface area contributed by atoms with Crippen molar-refractivity contribution < 1.29 is 13.2 Å². The number of hydrogen-bond donors (Lipinski definition) is 2. The Kier molecular flexibility index (Phi) is 4.50. The topological polar surface area (TPSA) is 102 Å². The number of pyridine rings is 1. The van der Waals surface area contributed by atoms with Gasteiger partial charge in [0.2, 0.25) is 5.91 Å². The number of nitrogens with two attached hydrogens (primary N) is 1. The smallest absolute Gasteiger partial charge is 0.263 e. The first-order valence-corrected chi connectivity index (χ1v) is 8.19. The summed E-state index contributed by atoms with van der Waals surface area (Å²) in [6, 6.07) is 7.19. The lowest BCUT2D eigenvalue weighted by Crippen LogP contribution is -2.15. The number of anilines is 1. The van der Waals surface area contributed by atoms with Gasteiger partial charge >= 0.3 is 0 Å². The van der Waals surface area contributed by atoms with Gasteiger partial charge < -0.3 is 5.73 Å². The lowest BCUT2D eigenvalue weighted by atomic mass is 10.2. The lowest BCUT2D eigenvalue weighted by Gasteiger charge is -2.09. The van der Waals surface area contributed by atoms with Gasteiger partial charge in [-0.25, -0.2) is 13.4 Å². The van der Waals surface area contributed by atoms with E-state index in [2.05, 4.69) is 25.6 Å². The maximum Gasteiger partial charge on any atom is 0.263 e. The van der Waals surface area contributed by atoms with Crippen molar-refractivity contribution in [2.75, 3.05) is 4.72 Å². The molecule has 0 bridgehead atoms. The summed E-state index contributed by atoms with van der Waals surface area (Å²) >= 11 is 8.83. The summed E-state index contributed by atoms with van der Waals surface area (Å²) in [6.45, 7) is 0. The Morgan fingerprint density at radius 2 is 2.05 bits per heavy atom. The molecule has 0 aliphatic carbocycles. The van der Waals surface area contributed by atoms with Gasteiger partial charge in [-0.15, -0.1) is 0 Å². The van der Waals surface area contributed by atoms with Gasteiger partial charge in [0, 0.05) is 17.4 Å². The van der Waals surface area contributed by atoms with Crippen molar-refractivity contribution in [1.29, 1.82) is 0 Å². The highest BCUT2D eigenvalue weighted by Gasteiger charge is 2.16. The van der Waals surface area contributed by atoms with E-state index in [4.69, 9.17) is 17.3 Å². The lowest BCUT2D eigenvalue weighted by molar-refractivity contribution is 0.100. The summed E-state index contributed by atoms with van der Waals surface area (Å²) in [5.41, 5.74) is 5.57. The first-order valence-electron chi connectivity index (χ1n) is 5.53. The summed E-state index contributed by atoms with van der Waals surface area (Å²) in [6.07, 6.45) is 1.13. The molecule has 0 saturated heterocycles. The number of nitrogens with zero attached hydrogens (tertiary/aromatic N) is 1. The van der Waals surface area contributed by atoms with E-state index in [0.717, 1.165) is 6.20 Å². The number of hydrogen-bond acceptors (Lipinski definition) is 4. The number of benzene rings is 1. The van der Waals surface area contributed by atoms with Crippen LogP contribution >= 0.6 is 27.5 Å². The highest BCUT2D eigenvalue weighted by molar-refractivity contribution is 9.10. The second-order valence-corrected chi connectivity index (χ2v) is 6.89. The van der Waals surface area contributed by atoms with Crippen LogP contribution in [0, 0.1) is 0 Å². The quantitative estimate of drug-likeness (QED) is 0.782. The SMILES string of the molecule is NC(=O)c1cccc(NS(=O)(=O)c2cnc(Cl)c(Br)c2)c1. The van der Waals surface area contributed by atoms with Crippen LogP contribution in [0.1, 0.15) is 10.4 Å². The predicted octanol–water partition coefficient (Wildman–Crippen LogP) is 2.40. The zero-order valence-electron chi connectivity index (χ0n) is 10.4. The molecule has 0 atom stereocenters. The number of amides is 1. The van der Waals surface area contributed by atoms with Crippen molar-refractivity contribution in [2.45, 2.75) is 4.90 Å². The summed E-state index contributed by atoms with van der Waals surface area (Å²) in [5.74, 6) is -0.646. The van der Waals surface area contributed by atoms with Crippen LogP contribution in [0.15, 0.2) is 45.9 Å². The molecule has 2 aromatic rings. The van der Waals surface area contributed by atoms with Gasteiger partial charge in [0.15, 0.2) is 0 Å². The molecule has 1 amide bonds. The first-order chi connectivity index (χ1) is 9.79. The molecule has 6 nitrogen and oxygen atoms in total. The van der Waals surface area contributed by atoms with E-state index < -0.39 is 15.9 Å². The zero-order valence-corrected chi connectivity index (χ0v) is 13.5. The molecule has 0 radical (unpaired) electrons. The van der Waals surface area contributed by atoms with E-state index in [1.165, 1.54) is 30.3 Å². The number of carbonyl (C=O) groups is 1. The van der Waals surface area contributed by atoms with Crippen molar-refractivity contribution >= 4 is 49.1 Å². The molecule has 0 aliphatic rings. The average Bonchev–Trinajstić information content (AvgIpc) is 2.41. The predicted molar refractivity (Wildman–Crippen MR) is 82.7 cm³/mol. The maximum absolute atomic E-state index is 12.2. The molecule has 2 rings (SSSR count). The van der Waals surface area contributed by atoms with Gasteiger partial charge in [0.25, 0.3) is 10.0 Å². The summed E-state index contributed by atoms with van der Waals surface area (Å²) in [7, 11) is -3.85. The molecule has 0 saturated carbocycles. The Hall–Kier alpha value is -1.64. The molecule has 21 heavy (non-hydrogen) atoms. The number of primary amides is 1. The van der Waals surface area contributed by atoms with Gasteiger partial charge in [-0.2, -0.15) is 0 Å². The van der Waals surface area contributed by atoms with E-state index in [-0.39, 0.29) is 21.3 Å². The summed E-state index contributed by atoms with van der Waals surface area (Å²) < 4.78 is 27.1. The minimum atomic E-state index is -3.85. The van der Waals surface area contributed by atoms with Gasteiger partial charge in [0.05, 0.1) is 4.47 Å². The molecule has 0 aliphatic heterocycles. The number of rotatable bonds is 4. The van der Waals surface area contributed by atoms with Gasteiger partial charge in [0.1, 0.15) is 10.0 Å². The third-order valence-electron chi connectivity index (χ3n) is 2.48. The minimum Gasteiger partial charge on any atom is -0.366 e. The molecular formula is C12H9BrClN3O3S. The van der Waals surface area contributed by atoms with Gasteiger partial charge in [-0.3, -0.25) is 9.52 Å². The van der Waals surface area contributed by atoms with E-state index in [9.17, 15) is 13.2 Å². The molecule has 0 spiro atoms. The summed E-state index contributed by atoms with van der Waals surface area (Å²) in [4.78, 5) is 14.8. The van der Waals surface area contributed by atoms with Gasteiger partial charge in [-0.1, -0.05) is 17.7 Å². The first kappa shape index (κ1) is 15.7. The maximum atomic E-state index is 12.2. The number of sulfonamides is 1. The molecule has 1 aromatic heterocycles. The third-order valence-corrected chi connectivity index (χ3v) is 4.96. The van der Waals surface area contributed by atoms with Crippen LogP contribution in [0.2, 0.25) is 5.15 Å². The zero-order chi connectivity index (χ0) is 15.6. The molecule has 0 unspecified atom stereocenters. The fourth-order valence-corrected chi connectivity index (χ4v) is 3.12. The number of carbonyl (C=O) groups excluding carboxylic acids is 1. The molecule has 1 aromatic carbocycles. The van der Waals surface area contributed by atoms with Crippen molar-refractivity contribution in [3.8, 4) is 0 Å². The van der Waals surface area contributed by atoms with Crippen molar-refractivity contribution in [3.05, 3.63) is 51.7 Å². The van der Waals surface area contributed by atoms with E-state index in [0.29, 0.717) is 4.47 Å². The monoisotopic (exact) mass is 389 g/mol. The molecular weight excluding hydrogens is 382 g/mol. The fourth-order valence-electron chi connectivity index (χ4n) is 1.50. The highest BCUT2D eigenvalue weighted by atomic mass is 79.9. The average molecular weight is 391 g/mol. The van der Waals surface area contributed by atoms with Crippen LogP contribution in [0.4, 0.5) is 5.69 Å². The Balaban J connectivity index is 2.35. The number of halogens is 2. The highest BCUT2D eigenvalue weighted by Crippen LogP contribution is 2.24. The van der Waals surface area contributed by atoms with Crippen LogP contribution in [0.25, 0.3) is 0 Å². The normalized spacial score (nSPS) is 11.1. The molecule has 0 fully saturated rings. The van der Waals surface area contributed by atoms with Crippen molar-refractivity contribution in [2.24, 2.45) is 5.73 Å². The molecule has 1 heterocycles. The van der Waals surface area contributed by atoms with E-state index in [1.807, 2.05) is 0 Å². The second-order valence-electron chi connectivity index (χ2n) is 3.99. The third kappa shape index (κ3) is 3.72. The number of aromatic nitrogens is 1. The summed E-state index contributed by atoms with van der Waals surface area (Å²) in [5, 5.41) is 0.157. The standard InChI is InChI=1S/C12H9BrClN3O3S/c13-10-5-9(6-16-11(10)14)21(19,20)17-8-3-1-2-7(4-8)12(15)18/h1-6,17H,(H2,15,18). The Morgan fingerprint density at radius 3 is 2.67 bits per heavy atom. The largest absolute Gasteiger partial charge is 0.366 e. The van der Waals surface area contributed by atoms with Crippen LogP contribution in [-0.2, 0) is 10.0 Å².